The predicted octanol–water partition coefficient (Wildman–Crippen LogP) is 7.30. The quantitative estimate of drug-likeness (QED) is 0.144. The molecule has 0 saturated heterocycles. The summed E-state index contributed by atoms with van der Waals surface area (Å²) >= 11 is -2.54. The monoisotopic (exact) mass is 648 g/mol. The number of rotatable bonds is 8. The van der Waals surface area contributed by atoms with Crippen molar-refractivity contribution in [1.82, 2.24) is 0 Å². The van der Waals surface area contributed by atoms with Crippen LogP contribution in [0.25, 0.3) is 0 Å². The van der Waals surface area contributed by atoms with E-state index < -0.39 is 23.5 Å². The van der Waals surface area contributed by atoms with Crippen molar-refractivity contribution in [1.29, 1.82) is 0 Å². The molecule has 0 amide bonds. The zero-order chi connectivity index (χ0) is 31.7. The molecule has 0 aliphatic rings. The normalized spacial score (nSPS) is 12.6. The average Bonchev–Trinajstić information content (AvgIpc) is 2.85. The Bertz CT molecular complexity index is 1490. The van der Waals surface area contributed by atoms with Crippen LogP contribution in [0.1, 0.15) is 73.7 Å². The molecule has 0 aliphatic carbocycles. The summed E-state index contributed by atoms with van der Waals surface area (Å²) in [5.74, 6) is 0. The van der Waals surface area contributed by atoms with Gasteiger partial charge >= 0.3 is 270 Å². The second-order valence-corrected chi connectivity index (χ2v) is 19.3. The summed E-state index contributed by atoms with van der Waals surface area (Å²) in [4.78, 5) is 0. The fraction of sp³-hybridized carbons (Fsp3) is 0.350. The maximum absolute atomic E-state index is 7.84. The van der Waals surface area contributed by atoms with E-state index >= 15 is 0 Å². The van der Waals surface area contributed by atoms with Gasteiger partial charge in [-0.2, -0.15) is 0 Å². The van der Waals surface area contributed by atoms with Gasteiger partial charge in [-0.15, -0.1) is 0 Å². The van der Waals surface area contributed by atoms with Gasteiger partial charge < -0.3 is 0 Å². The third kappa shape index (κ3) is 7.03. The zero-order valence-electron chi connectivity index (χ0n) is 28.8. The van der Waals surface area contributed by atoms with E-state index in [1.807, 2.05) is 0 Å². The molecule has 0 spiro atoms. The van der Waals surface area contributed by atoms with Crippen LogP contribution in [-0.4, -0.2) is 29.2 Å². The fourth-order valence-electron chi connectivity index (χ4n) is 7.43. The van der Waals surface area contributed by atoms with Crippen molar-refractivity contribution in [3.8, 4) is 0 Å². The average molecular weight is 648 g/mol. The van der Waals surface area contributed by atoms with Crippen molar-refractivity contribution in [2.24, 2.45) is 0 Å². The molecule has 1 nitrogen and oxygen atoms in total. The van der Waals surface area contributed by atoms with Crippen molar-refractivity contribution in [2.75, 3.05) is 0 Å². The van der Waals surface area contributed by atoms with Gasteiger partial charge in [0.1, 0.15) is 0 Å². The first-order valence-electron chi connectivity index (χ1n) is 15.6. The number of benzene rings is 4. The van der Waals surface area contributed by atoms with E-state index in [9.17, 15) is 0 Å². The van der Waals surface area contributed by atoms with Crippen LogP contribution in [-0.2, 0) is 3.76 Å². The molecule has 224 valence electrons. The van der Waals surface area contributed by atoms with Crippen LogP contribution in [0.2, 0.25) is 0 Å². The van der Waals surface area contributed by atoms with Crippen molar-refractivity contribution in [3.05, 3.63) is 127 Å². The van der Waals surface area contributed by atoms with Gasteiger partial charge in [0.15, 0.2) is 0 Å². The molecule has 3 heteroatoms. The molecular formula is C40H50GeOSi. The van der Waals surface area contributed by atoms with Crippen LogP contribution in [0.4, 0.5) is 0 Å². The van der Waals surface area contributed by atoms with Gasteiger partial charge in [-0.3, -0.25) is 0 Å². The van der Waals surface area contributed by atoms with Gasteiger partial charge in [0.25, 0.3) is 0 Å². The fourth-order valence-corrected chi connectivity index (χ4v) is 17.4. The molecule has 0 heterocycles. The number of hydrogen-bond acceptors (Lipinski definition) is 1. The summed E-state index contributed by atoms with van der Waals surface area (Å²) in [6.07, 6.45) is 4.61. The summed E-state index contributed by atoms with van der Waals surface area (Å²) in [5.41, 5.74) is 16.3. The maximum atomic E-state index is 7.84. The second kappa shape index (κ2) is 13.5. The zero-order valence-corrected chi connectivity index (χ0v) is 31.9. The number of aryl methyl sites for hydroxylation is 12. The molecule has 0 bridgehead atoms. The molecule has 1 atom stereocenters. The van der Waals surface area contributed by atoms with Crippen molar-refractivity contribution < 1.29 is 3.76 Å². The summed E-state index contributed by atoms with van der Waals surface area (Å²) in [7, 11) is -1.40. The van der Waals surface area contributed by atoms with Gasteiger partial charge in [-0.1, -0.05) is 0 Å². The number of allylic oxidation sites excluding steroid dienone is 1. The molecule has 0 saturated carbocycles. The van der Waals surface area contributed by atoms with E-state index in [0.717, 1.165) is 0 Å². The third-order valence-corrected chi connectivity index (χ3v) is 18.9. The first-order chi connectivity index (χ1) is 20.2. The first-order valence-corrected chi connectivity index (χ1v) is 20.1. The van der Waals surface area contributed by atoms with Crippen LogP contribution in [0.15, 0.2) is 60.7 Å². The molecule has 4 aromatic carbocycles. The minimum absolute atomic E-state index is 0.00887. The molecule has 43 heavy (non-hydrogen) atoms. The van der Waals surface area contributed by atoms with E-state index in [1.165, 1.54) is 85.9 Å². The Kier molecular flexibility index (Phi) is 10.5. The summed E-state index contributed by atoms with van der Waals surface area (Å²) < 4.78 is 10.8. The standard InChI is InChI=1S/C40H50GeOSi/c1-14-15-36(43(39-32(10)20-26(4)21-33(39)11)40-34(12)22-27(5)23-35(40)13)42-41(37-28(6)16-24(2)17-29(37)7)38-30(8)18-25(3)19-31(38)9/h14-23,36H,1-13H3. The van der Waals surface area contributed by atoms with Gasteiger partial charge in [-0.25, -0.2) is 0 Å². The minimum atomic E-state index is -2.54. The Morgan fingerprint density at radius 2 is 0.767 bits per heavy atom. The summed E-state index contributed by atoms with van der Waals surface area (Å²) in [6.45, 7) is 29.4. The molecule has 0 aliphatic heterocycles. The first kappa shape index (κ1) is 33.2. The Labute approximate surface area is 268 Å². The number of hydrogen-bond donors (Lipinski definition) is 0. The van der Waals surface area contributed by atoms with Crippen LogP contribution in [0, 0.1) is 83.1 Å². The molecule has 2 radical (unpaired) electrons. The molecule has 0 aromatic heterocycles. The third-order valence-electron chi connectivity index (χ3n) is 8.60. The molecule has 4 rings (SSSR count). The Morgan fingerprint density at radius 3 is 1.05 bits per heavy atom. The van der Waals surface area contributed by atoms with Gasteiger partial charge in [0.2, 0.25) is 0 Å². The van der Waals surface area contributed by atoms with Gasteiger partial charge in [0, 0.05) is 0 Å². The molecule has 1 unspecified atom stereocenters. The van der Waals surface area contributed by atoms with E-state index in [0.29, 0.717) is 0 Å². The Morgan fingerprint density at radius 1 is 0.488 bits per heavy atom. The van der Waals surface area contributed by atoms with E-state index in [-0.39, 0.29) is 5.73 Å². The summed E-state index contributed by atoms with van der Waals surface area (Å²) in [5, 5.41) is 3.00. The Balaban J connectivity index is 2.06. The van der Waals surface area contributed by atoms with E-state index in [4.69, 9.17) is 3.76 Å². The van der Waals surface area contributed by atoms with Gasteiger partial charge in [0.05, 0.1) is 0 Å². The van der Waals surface area contributed by atoms with Crippen LogP contribution >= 0.6 is 0 Å². The van der Waals surface area contributed by atoms with Crippen LogP contribution in [0.3, 0.4) is 0 Å². The van der Waals surface area contributed by atoms with Crippen LogP contribution < -0.4 is 19.2 Å². The van der Waals surface area contributed by atoms with E-state index in [1.54, 1.807) is 0 Å². The second-order valence-electron chi connectivity index (χ2n) is 12.9. The van der Waals surface area contributed by atoms with Crippen molar-refractivity contribution in [3.63, 3.8) is 0 Å². The molecular weight excluding hydrogens is 597 g/mol. The Hall–Kier alpha value is -2.66. The van der Waals surface area contributed by atoms with Crippen LogP contribution in [0.5, 0.6) is 0 Å². The van der Waals surface area contributed by atoms with Crippen molar-refractivity contribution >= 4 is 42.6 Å². The molecule has 0 N–H and O–H groups in total. The SMILES string of the molecule is CC=CC([O][Ge]([c]1c(C)cc(C)cc1C)[c]1c(C)cc(C)cc1C)[Si](c1c(C)cc(C)cc1C)c1c(C)cc(C)cc1C. The topological polar surface area (TPSA) is 9.23 Å². The van der Waals surface area contributed by atoms with E-state index in [2.05, 4.69) is 151 Å². The molecule has 0 fully saturated rings. The van der Waals surface area contributed by atoms with Gasteiger partial charge in [-0.05, 0) is 0 Å². The summed E-state index contributed by atoms with van der Waals surface area (Å²) in [6, 6.07) is 18.9. The predicted molar refractivity (Wildman–Crippen MR) is 192 cm³/mol. The molecule has 4 aromatic rings. The van der Waals surface area contributed by atoms with Crippen molar-refractivity contribution in [2.45, 2.75) is 95.7 Å².